The summed E-state index contributed by atoms with van der Waals surface area (Å²) in [6, 6.07) is 27.1. The maximum atomic E-state index is 12.8. The fourth-order valence-corrected chi connectivity index (χ4v) is 5.91. The van der Waals surface area contributed by atoms with E-state index in [2.05, 4.69) is 52.3 Å². The third kappa shape index (κ3) is 5.46. The third-order valence-electron chi connectivity index (χ3n) is 8.09. The van der Waals surface area contributed by atoms with E-state index in [1.165, 1.54) is 11.1 Å². The topological polar surface area (TPSA) is 61.3 Å². The summed E-state index contributed by atoms with van der Waals surface area (Å²) in [5.41, 5.74) is 5.21. The molecule has 6 heteroatoms. The predicted molar refractivity (Wildman–Crippen MR) is 154 cm³/mol. The van der Waals surface area contributed by atoms with E-state index in [-0.39, 0.29) is 23.6 Å². The molecular weight excluding hydrogens is 472 g/mol. The van der Waals surface area contributed by atoms with Crippen molar-refractivity contribution in [1.82, 2.24) is 19.4 Å². The maximum Gasteiger partial charge on any atom is 0.326 e. The molecule has 1 aliphatic heterocycles. The number of hydrogen-bond donors (Lipinski definition) is 1. The summed E-state index contributed by atoms with van der Waals surface area (Å²) in [5, 5.41) is 0. The minimum Gasteiger partial charge on any atom is -0.339 e. The minimum absolute atomic E-state index is 0.00304. The Labute approximate surface area is 224 Å². The highest BCUT2D eigenvalue weighted by atomic mass is 16.2. The molecule has 1 saturated heterocycles. The van der Waals surface area contributed by atoms with Crippen molar-refractivity contribution in [2.45, 2.75) is 45.1 Å². The number of fused-ring (bicyclic) bond motifs is 1. The number of carbonyl (C=O) groups is 1. The first-order valence-corrected chi connectivity index (χ1v) is 13.9. The fraction of sp³-hybridized carbons (Fsp3) is 0.375. The van der Waals surface area contributed by atoms with Gasteiger partial charge in [0.05, 0.1) is 11.0 Å². The Balaban J connectivity index is 1.26. The van der Waals surface area contributed by atoms with Crippen LogP contribution in [0.25, 0.3) is 11.0 Å². The van der Waals surface area contributed by atoms with Crippen molar-refractivity contribution < 1.29 is 4.79 Å². The van der Waals surface area contributed by atoms with E-state index in [9.17, 15) is 9.59 Å². The van der Waals surface area contributed by atoms with Crippen LogP contribution in [-0.2, 0) is 0 Å². The van der Waals surface area contributed by atoms with E-state index in [4.69, 9.17) is 0 Å². The van der Waals surface area contributed by atoms with Gasteiger partial charge in [-0.25, -0.2) is 4.79 Å². The Hall–Kier alpha value is -3.64. The first-order chi connectivity index (χ1) is 18.6. The van der Waals surface area contributed by atoms with Gasteiger partial charge < -0.3 is 14.8 Å². The molecule has 0 aliphatic carbocycles. The standard InChI is InChI=1S/C32H38N4O2/c1-3-35(4-2)31(37)26-16-14-25(15-17-26)28(24-10-6-5-7-11-24)20-23-34-21-18-27(19-22-34)36-30-13-9-8-12-29(30)33-32(36)38/h5-17,27-28H,3-4,18-23H2,1-2H3,(H,33,38). The molecule has 5 rings (SSSR count). The number of aromatic amines is 1. The normalized spacial score (nSPS) is 15.5. The molecule has 0 spiro atoms. The molecule has 1 atom stereocenters. The van der Waals surface area contributed by atoms with E-state index < -0.39 is 0 Å². The van der Waals surface area contributed by atoms with Gasteiger partial charge in [-0.1, -0.05) is 54.6 Å². The van der Waals surface area contributed by atoms with Crippen molar-refractivity contribution in [3.8, 4) is 0 Å². The van der Waals surface area contributed by atoms with Crippen LogP contribution in [0.3, 0.4) is 0 Å². The summed E-state index contributed by atoms with van der Waals surface area (Å²) in [6.07, 6.45) is 2.95. The van der Waals surface area contributed by atoms with Gasteiger partial charge in [-0.2, -0.15) is 0 Å². The van der Waals surface area contributed by atoms with Gasteiger partial charge in [-0.3, -0.25) is 9.36 Å². The molecule has 6 nitrogen and oxygen atoms in total. The Bertz CT molecular complexity index is 1390. The molecule has 4 aromatic rings. The number of imidazole rings is 1. The smallest absolute Gasteiger partial charge is 0.326 e. The van der Waals surface area contributed by atoms with Crippen molar-refractivity contribution in [3.63, 3.8) is 0 Å². The number of amides is 1. The first kappa shape index (κ1) is 26.0. The number of nitrogens with zero attached hydrogens (tertiary/aromatic N) is 3. The SMILES string of the molecule is CCN(CC)C(=O)c1ccc(C(CCN2CCC(n3c(=O)[nH]c4ccccc43)CC2)c2ccccc2)cc1. The van der Waals surface area contributed by atoms with Crippen LogP contribution in [0.15, 0.2) is 83.7 Å². The number of benzene rings is 3. The second-order valence-corrected chi connectivity index (χ2v) is 10.2. The van der Waals surface area contributed by atoms with Gasteiger partial charge in [0.25, 0.3) is 5.91 Å². The Kier molecular flexibility index (Phi) is 8.08. The lowest BCUT2D eigenvalue weighted by Crippen LogP contribution is -2.37. The number of likely N-dealkylation sites (tertiary alicyclic amines) is 1. The maximum absolute atomic E-state index is 12.8. The highest BCUT2D eigenvalue weighted by molar-refractivity contribution is 5.94. The first-order valence-electron chi connectivity index (χ1n) is 13.9. The number of hydrogen-bond acceptors (Lipinski definition) is 3. The molecule has 1 aromatic heterocycles. The van der Waals surface area contributed by atoms with Crippen molar-refractivity contribution >= 4 is 16.9 Å². The number of carbonyl (C=O) groups excluding carboxylic acids is 1. The molecule has 1 amide bonds. The molecule has 1 unspecified atom stereocenters. The summed E-state index contributed by atoms with van der Waals surface area (Å²) in [5.74, 6) is 0.359. The number of nitrogens with one attached hydrogen (secondary N) is 1. The molecule has 1 fully saturated rings. The zero-order valence-electron chi connectivity index (χ0n) is 22.5. The minimum atomic E-state index is -0.00304. The zero-order valence-corrected chi connectivity index (χ0v) is 22.5. The molecule has 1 aliphatic rings. The van der Waals surface area contributed by atoms with Gasteiger partial charge >= 0.3 is 5.69 Å². The van der Waals surface area contributed by atoms with Crippen molar-refractivity contribution in [2.24, 2.45) is 0 Å². The molecule has 0 bridgehead atoms. The molecule has 0 radical (unpaired) electrons. The van der Waals surface area contributed by atoms with Gasteiger partial charge in [0.1, 0.15) is 0 Å². The van der Waals surface area contributed by atoms with Crippen LogP contribution < -0.4 is 5.69 Å². The molecule has 2 heterocycles. The molecule has 3 aromatic carbocycles. The average Bonchev–Trinajstić information content (AvgIpc) is 3.30. The van der Waals surface area contributed by atoms with Crippen LogP contribution in [0.2, 0.25) is 0 Å². The second kappa shape index (κ2) is 11.8. The van der Waals surface area contributed by atoms with E-state index in [0.29, 0.717) is 0 Å². The van der Waals surface area contributed by atoms with Gasteiger partial charge in [0.2, 0.25) is 0 Å². The summed E-state index contributed by atoms with van der Waals surface area (Å²) in [4.78, 5) is 32.8. The number of rotatable bonds is 9. The van der Waals surface area contributed by atoms with Crippen LogP contribution in [0, 0.1) is 0 Å². The lowest BCUT2D eigenvalue weighted by molar-refractivity contribution is 0.0773. The van der Waals surface area contributed by atoms with Crippen LogP contribution in [0.1, 0.15) is 66.6 Å². The number of piperidine rings is 1. The number of H-pyrrole nitrogens is 1. The summed E-state index contributed by atoms with van der Waals surface area (Å²) >= 11 is 0. The van der Waals surface area contributed by atoms with Crippen LogP contribution >= 0.6 is 0 Å². The van der Waals surface area contributed by atoms with Crippen molar-refractivity contribution in [2.75, 3.05) is 32.7 Å². The lowest BCUT2D eigenvalue weighted by Gasteiger charge is -2.33. The van der Waals surface area contributed by atoms with Crippen LogP contribution in [0.4, 0.5) is 0 Å². The molecule has 38 heavy (non-hydrogen) atoms. The van der Waals surface area contributed by atoms with E-state index in [0.717, 1.165) is 68.6 Å². The predicted octanol–water partition coefficient (Wildman–Crippen LogP) is 5.67. The van der Waals surface area contributed by atoms with Gasteiger partial charge in [0.15, 0.2) is 0 Å². The highest BCUT2D eigenvalue weighted by Gasteiger charge is 2.25. The van der Waals surface area contributed by atoms with E-state index in [1.54, 1.807) is 0 Å². The average molecular weight is 511 g/mol. The number of aromatic nitrogens is 2. The summed E-state index contributed by atoms with van der Waals surface area (Å²) < 4.78 is 1.96. The zero-order chi connectivity index (χ0) is 26.5. The Morgan fingerprint density at radius 3 is 2.21 bits per heavy atom. The second-order valence-electron chi connectivity index (χ2n) is 10.2. The lowest BCUT2D eigenvalue weighted by atomic mass is 9.87. The summed E-state index contributed by atoms with van der Waals surface area (Å²) in [7, 11) is 0. The highest BCUT2D eigenvalue weighted by Crippen LogP contribution is 2.30. The van der Waals surface area contributed by atoms with E-state index >= 15 is 0 Å². The van der Waals surface area contributed by atoms with Gasteiger partial charge in [-0.15, -0.1) is 0 Å². The van der Waals surface area contributed by atoms with Crippen LogP contribution in [0.5, 0.6) is 0 Å². The molecule has 198 valence electrons. The van der Waals surface area contributed by atoms with Gasteiger partial charge in [-0.05, 0) is 75.0 Å². The molecule has 0 saturated carbocycles. The fourth-order valence-electron chi connectivity index (χ4n) is 5.91. The Morgan fingerprint density at radius 2 is 1.53 bits per heavy atom. The molecular formula is C32H38N4O2. The summed E-state index contributed by atoms with van der Waals surface area (Å²) in [6.45, 7) is 8.43. The monoisotopic (exact) mass is 510 g/mol. The van der Waals surface area contributed by atoms with E-state index in [1.807, 2.05) is 59.7 Å². The number of para-hydroxylation sites is 2. The largest absolute Gasteiger partial charge is 0.339 e. The van der Waals surface area contributed by atoms with Crippen LogP contribution in [-0.4, -0.2) is 58.0 Å². The quantitative estimate of drug-likeness (QED) is 0.316. The van der Waals surface area contributed by atoms with Crippen molar-refractivity contribution in [3.05, 3.63) is 106 Å². The molecule has 1 N–H and O–H groups in total. The van der Waals surface area contributed by atoms with Gasteiger partial charge in [0, 0.05) is 43.7 Å². The third-order valence-corrected chi connectivity index (χ3v) is 8.09. The van der Waals surface area contributed by atoms with Crippen molar-refractivity contribution in [1.29, 1.82) is 0 Å². The Morgan fingerprint density at radius 1 is 0.895 bits per heavy atom.